The largest absolute Gasteiger partial charge is 0.477 e. The quantitative estimate of drug-likeness (QED) is 0.118. The smallest absolute Gasteiger partial charge is 0.232 e. The summed E-state index contributed by atoms with van der Waals surface area (Å²) in [6.45, 7) is 14.9. The molecule has 4 N–H and O–H groups in total. The number of hydrogen-bond acceptors (Lipinski definition) is 12. The van der Waals surface area contributed by atoms with Crippen molar-refractivity contribution in [3.05, 3.63) is 48.3 Å². The molecule has 8 heterocycles. The van der Waals surface area contributed by atoms with Crippen LogP contribution < -0.4 is 20.1 Å². The molecule has 2 aliphatic heterocycles. The van der Waals surface area contributed by atoms with E-state index in [1.807, 2.05) is 50.8 Å². The standard InChI is InChI=1S/2C18H24N6O2/c2*1-4-25-17-14-5-7-19-16(14)22-18(23-17)21-15-10-20-24(12(15)3)13-6-8-26-11(2)9-13/h2*5,7,10-11,13H,4,6,8-9H2,1-3H3,(H2,19,21,22,23). The molecule has 0 amide bonds. The molecule has 0 saturated carbocycles. The van der Waals surface area contributed by atoms with Gasteiger partial charge in [0.2, 0.25) is 23.7 Å². The van der Waals surface area contributed by atoms with Crippen LogP contribution in [0.1, 0.15) is 76.8 Å². The third-order valence-electron chi connectivity index (χ3n) is 9.51. The second-order valence-electron chi connectivity index (χ2n) is 13.2. The second kappa shape index (κ2) is 15.6. The Morgan fingerprint density at radius 2 is 1.15 bits per heavy atom. The lowest BCUT2D eigenvalue weighted by Crippen LogP contribution is -2.26. The first kappa shape index (κ1) is 35.2. The lowest BCUT2D eigenvalue weighted by atomic mass is 10.0. The van der Waals surface area contributed by atoms with E-state index in [9.17, 15) is 0 Å². The van der Waals surface area contributed by atoms with Crippen molar-refractivity contribution in [3.63, 3.8) is 0 Å². The second-order valence-corrected chi connectivity index (χ2v) is 13.2. The Morgan fingerprint density at radius 3 is 1.56 bits per heavy atom. The Hall–Kier alpha value is -5.22. The van der Waals surface area contributed by atoms with Crippen LogP contribution in [-0.4, -0.2) is 88.1 Å². The Morgan fingerprint density at radius 1 is 0.712 bits per heavy atom. The van der Waals surface area contributed by atoms with Gasteiger partial charge in [-0.1, -0.05) is 0 Å². The van der Waals surface area contributed by atoms with Crippen LogP contribution in [0.2, 0.25) is 0 Å². The van der Waals surface area contributed by atoms with Crippen LogP contribution in [0.15, 0.2) is 36.9 Å². The van der Waals surface area contributed by atoms with Crippen LogP contribution in [0.3, 0.4) is 0 Å². The summed E-state index contributed by atoms with van der Waals surface area (Å²) in [5.74, 6) is 2.13. The number of fused-ring (bicyclic) bond motifs is 2. The molecule has 2 fully saturated rings. The van der Waals surface area contributed by atoms with Gasteiger partial charge in [-0.3, -0.25) is 9.36 Å². The van der Waals surface area contributed by atoms with Crippen molar-refractivity contribution >= 4 is 45.3 Å². The molecule has 0 aromatic carbocycles. The topological polar surface area (TPSA) is 180 Å². The number of anilines is 4. The van der Waals surface area contributed by atoms with Gasteiger partial charge in [0.05, 0.1) is 83.4 Å². The van der Waals surface area contributed by atoms with E-state index < -0.39 is 0 Å². The Labute approximate surface area is 302 Å². The highest BCUT2D eigenvalue weighted by Gasteiger charge is 2.25. The van der Waals surface area contributed by atoms with Gasteiger partial charge in [-0.05, 0) is 79.4 Å². The molecule has 0 bridgehead atoms. The van der Waals surface area contributed by atoms with E-state index in [-0.39, 0.29) is 12.2 Å². The molecule has 0 aliphatic carbocycles. The summed E-state index contributed by atoms with van der Waals surface area (Å²) in [4.78, 5) is 24.3. The number of rotatable bonds is 10. The van der Waals surface area contributed by atoms with Crippen LogP contribution in [0, 0.1) is 13.8 Å². The zero-order valence-electron chi connectivity index (χ0n) is 30.6. The van der Waals surface area contributed by atoms with E-state index in [1.165, 1.54) is 0 Å². The van der Waals surface area contributed by atoms with Crippen LogP contribution in [0.4, 0.5) is 23.3 Å². The van der Waals surface area contributed by atoms with Crippen LogP contribution in [0.5, 0.6) is 11.8 Å². The SMILES string of the molecule is CCOc1nc(Nc2cnn(C3CCOC(C)C3)c2C)nc2[nH]ccc12.CCOc1nc(Nc2cnn(C3CCOC(C)C3)c2C)nc2[nH]ccc12. The van der Waals surface area contributed by atoms with Gasteiger partial charge in [-0.2, -0.15) is 30.1 Å². The first-order valence-corrected chi connectivity index (χ1v) is 18.1. The minimum absolute atomic E-state index is 0.265. The Bertz CT molecular complexity index is 1950. The Balaban J connectivity index is 0.000000162. The van der Waals surface area contributed by atoms with E-state index in [1.54, 1.807) is 0 Å². The first-order chi connectivity index (χ1) is 25.3. The lowest BCUT2D eigenvalue weighted by Gasteiger charge is -2.28. The lowest BCUT2D eigenvalue weighted by molar-refractivity contribution is 0.00294. The molecule has 2 aliphatic rings. The van der Waals surface area contributed by atoms with E-state index >= 15 is 0 Å². The van der Waals surface area contributed by atoms with Crippen LogP contribution in [0.25, 0.3) is 22.1 Å². The minimum atomic E-state index is 0.265. The van der Waals surface area contributed by atoms with Gasteiger partial charge in [0.1, 0.15) is 11.3 Å². The zero-order valence-corrected chi connectivity index (χ0v) is 30.6. The average molecular weight is 713 g/mol. The number of H-pyrrole nitrogens is 2. The summed E-state index contributed by atoms with van der Waals surface area (Å²) in [6.07, 6.45) is 11.8. The van der Waals surface area contributed by atoms with Crippen molar-refractivity contribution in [2.75, 3.05) is 37.1 Å². The molecule has 0 radical (unpaired) electrons. The Kier molecular flexibility index (Phi) is 10.5. The molecule has 276 valence electrons. The number of hydrogen-bond donors (Lipinski definition) is 4. The summed E-state index contributed by atoms with van der Waals surface area (Å²) in [7, 11) is 0. The number of aromatic amines is 2. The minimum Gasteiger partial charge on any atom is -0.477 e. The molecule has 8 rings (SSSR count). The molecule has 16 heteroatoms. The monoisotopic (exact) mass is 712 g/mol. The molecular weight excluding hydrogens is 664 g/mol. The number of aromatic nitrogens is 10. The molecule has 2 saturated heterocycles. The van der Waals surface area contributed by atoms with E-state index in [0.29, 0.717) is 49.0 Å². The summed E-state index contributed by atoms with van der Waals surface area (Å²) >= 11 is 0. The van der Waals surface area contributed by atoms with E-state index in [0.717, 1.165) is 83.7 Å². The van der Waals surface area contributed by atoms with Crippen molar-refractivity contribution in [2.24, 2.45) is 0 Å². The summed E-state index contributed by atoms with van der Waals surface area (Å²) in [5, 5.41) is 17.5. The molecule has 0 spiro atoms. The van der Waals surface area contributed by atoms with E-state index in [4.69, 9.17) is 18.9 Å². The van der Waals surface area contributed by atoms with Gasteiger partial charge in [0.25, 0.3) is 0 Å². The third-order valence-corrected chi connectivity index (χ3v) is 9.51. The van der Waals surface area contributed by atoms with Crippen molar-refractivity contribution < 1.29 is 18.9 Å². The predicted molar refractivity (Wildman–Crippen MR) is 198 cm³/mol. The number of ether oxygens (including phenoxy) is 4. The van der Waals surface area contributed by atoms with Crippen molar-refractivity contribution in [1.29, 1.82) is 0 Å². The summed E-state index contributed by atoms with van der Waals surface area (Å²) in [5.41, 5.74) is 5.42. The molecule has 52 heavy (non-hydrogen) atoms. The molecule has 16 nitrogen and oxygen atoms in total. The van der Waals surface area contributed by atoms with Gasteiger partial charge < -0.3 is 39.5 Å². The summed E-state index contributed by atoms with van der Waals surface area (Å²) < 4.78 is 26.8. The van der Waals surface area contributed by atoms with E-state index in [2.05, 4.69) is 87.8 Å². The maximum absolute atomic E-state index is 5.65. The van der Waals surface area contributed by atoms with Crippen molar-refractivity contribution in [2.45, 2.75) is 91.5 Å². The fourth-order valence-electron chi connectivity index (χ4n) is 6.89. The van der Waals surface area contributed by atoms with Crippen molar-refractivity contribution in [1.82, 2.24) is 49.5 Å². The van der Waals surface area contributed by atoms with Crippen LogP contribution in [-0.2, 0) is 9.47 Å². The van der Waals surface area contributed by atoms with Crippen LogP contribution >= 0.6 is 0 Å². The maximum atomic E-state index is 5.65. The maximum Gasteiger partial charge on any atom is 0.232 e. The predicted octanol–water partition coefficient (Wildman–Crippen LogP) is 6.69. The highest BCUT2D eigenvalue weighted by atomic mass is 16.5. The number of nitrogens with zero attached hydrogens (tertiary/aromatic N) is 8. The van der Waals surface area contributed by atoms with Gasteiger partial charge in [-0.15, -0.1) is 0 Å². The van der Waals surface area contributed by atoms with Gasteiger partial charge in [-0.25, -0.2) is 0 Å². The molecule has 4 atom stereocenters. The zero-order chi connectivity index (χ0) is 36.2. The first-order valence-electron chi connectivity index (χ1n) is 18.1. The molecule has 6 aromatic heterocycles. The highest BCUT2D eigenvalue weighted by molar-refractivity contribution is 5.83. The van der Waals surface area contributed by atoms with Gasteiger partial charge >= 0.3 is 0 Å². The van der Waals surface area contributed by atoms with Gasteiger partial charge in [0, 0.05) is 25.6 Å². The fourth-order valence-corrected chi connectivity index (χ4v) is 6.89. The van der Waals surface area contributed by atoms with Gasteiger partial charge in [0.15, 0.2) is 0 Å². The molecule has 4 unspecified atom stereocenters. The third kappa shape index (κ3) is 7.53. The van der Waals surface area contributed by atoms with Crippen molar-refractivity contribution in [3.8, 4) is 11.8 Å². The molecular formula is C36H48N12O4. The molecule has 6 aromatic rings. The number of nitrogens with one attached hydrogen (secondary N) is 4. The normalized spacial score (nSPS) is 20.4. The average Bonchev–Trinajstić information content (AvgIpc) is 3.94. The fraction of sp³-hybridized carbons (Fsp3) is 0.500. The highest BCUT2D eigenvalue weighted by Crippen LogP contribution is 2.32. The summed E-state index contributed by atoms with van der Waals surface area (Å²) in [6, 6.07) is 4.56.